The number of rotatable bonds is 3. The van der Waals surface area contributed by atoms with Crippen molar-refractivity contribution in [2.75, 3.05) is 20.2 Å². The molecule has 1 spiro atoms. The number of methoxy groups -OCH3 is 1. The number of ether oxygens (including phenoxy) is 1. The van der Waals surface area contributed by atoms with Gasteiger partial charge in [-0.05, 0) is 54.3 Å². The molecule has 1 saturated carbocycles. The third-order valence-corrected chi connectivity index (χ3v) is 6.74. The van der Waals surface area contributed by atoms with Crippen LogP contribution in [0.1, 0.15) is 31.2 Å². The average Bonchev–Trinajstić information content (AvgIpc) is 3.40. The minimum absolute atomic E-state index is 0.0495. The Morgan fingerprint density at radius 3 is 2.70 bits per heavy atom. The highest BCUT2D eigenvalue weighted by Crippen LogP contribution is 2.51. The summed E-state index contributed by atoms with van der Waals surface area (Å²) in [6.07, 6.45) is 5.75. The van der Waals surface area contributed by atoms with E-state index in [1.54, 1.807) is 12.0 Å². The second-order valence-electron chi connectivity index (χ2n) is 8.45. The van der Waals surface area contributed by atoms with Crippen molar-refractivity contribution in [2.24, 2.45) is 5.41 Å². The van der Waals surface area contributed by atoms with Gasteiger partial charge < -0.3 is 19.7 Å². The fourth-order valence-electron chi connectivity index (χ4n) is 5.29. The molecule has 154 valence electrons. The Kier molecular flexibility index (Phi) is 4.54. The van der Waals surface area contributed by atoms with Gasteiger partial charge in [-0.15, -0.1) is 0 Å². The normalized spacial score (nSPS) is 18.0. The van der Waals surface area contributed by atoms with Crippen LogP contribution >= 0.6 is 0 Å². The van der Waals surface area contributed by atoms with Gasteiger partial charge >= 0.3 is 6.09 Å². The summed E-state index contributed by atoms with van der Waals surface area (Å²) in [6.45, 7) is 1.07. The number of carboxylic acid groups (broad SMARTS) is 1. The highest BCUT2D eigenvalue weighted by Gasteiger charge is 2.42. The van der Waals surface area contributed by atoms with Crippen LogP contribution in [0.3, 0.4) is 0 Å². The number of nitrogens with zero attached hydrogens (tertiary/aromatic N) is 1. The first-order valence-corrected chi connectivity index (χ1v) is 10.5. The van der Waals surface area contributed by atoms with Crippen molar-refractivity contribution in [1.82, 2.24) is 9.88 Å². The Balaban J connectivity index is 1.56. The van der Waals surface area contributed by atoms with Crippen molar-refractivity contribution >= 4 is 22.6 Å². The molecule has 1 fully saturated rings. The molecule has 0 unspecified atom stereocenters. The van der Waals surface area contributed by atoms with E-state index in [-0.39, 0.29) is 5.41 Å². The molecule has 2 aromatic carbocycles. The number of hydrogen-bond acceptors (Lipinski definition) is 2. The van der Waals surface area contributed by atoms with Gasteiger partial charge in [0.25, 0.3) is 0 Å². The number of fused-ring (bicyclic) bond motifs is 1. The molecule has 30 heavy (non-hydrogen) atoms. The molecule has 0 radical (unpaired) electrons. The average molecular weight is 402 g/mol. The smallest absolute Gasteiger partial charge is 0.407 e. The van der Waals surface area contributed by atoms with Crippen LogP contribution in [-0.4, -0.2) is 41.3 Å². The van der Waals surface area contributed by atoms with Crippen LogP contribution in [-0.2, 0) is 0 Å². The Morgan fingerprint density at radius 1 is 1.13 bits per heavy atom. The number of H-pyrrole nitrogens is 1. The van der Waals surface area contributed by atoms with Crippen molar-refractivity contribution in [2.45, 2.75) is 25.7 Å². The van der Waals surface area contributed by atoms with Crippen LogP contribution in [0, 0.1) is 5.41 Å². The molecule has 0 bridgehead atoms. The van der Waals surface area contributed by atoms with Crippen LogP contribution in [0.25, 0.3) is 27.7 Å². The van der Waals surface area contributed by atoms with E-state index in [9.17, 15) is 9.90 Å². The molecule has 1 aliphatic heterocycles. The van der Waals surface area contributed by atoms with E-state index in [2.05, 4.69) is 41.4 Å². The summed E-state index contributed by atoms with van der Waals surface area (Å²) in [5.74, 6) is 0.845. The molecule has 0 saturated heterocycles. The summed E-state index contributed by atoms with van der Waals surface area (Å²) in [5, 5.41) is 10.7. The largest absolute Gasteiger partial charge is 0.496 e. The SMILES string of the molecule is COc1ccccc1-c1cc2cc(C3=CCN(C(=O)O)CC34CCCC4)ccc2[nH]1. The van der Waals surface area contributed by atoms with Gasteiger partial charge in [-0.3, -0.25) is 0 Å². The second-order valence-corrected chi connectivity index (χ2v) is 8.45. The van der Waals surface area contributed by atoms with Gasteiger partial charge in [-0.1, -0.05) is 37.1 Å². The molecule has 0 atom stereocenters. The first-order chi connectivity index (χ1) is 14.6. The Morgan fingerprint density at radius 2 is 1.93 bits per heavy atom. The molecule has 2 N–H and O–H groups in total. The Hall–Kier alpha value is -3.21. The number of hydrogen-bond donors (Lipinski definition) is 2. The number of aromatic amines is 1. The van der Waals surface area contributed by atoms with Gasteiger partial charge in [-0.2, -0.15) is 0 Å². The topological polar surface area (TPSA) is 65.6 Å². The number of amides is 1. The van der Waals surface area contributed by atoms with Crippen molar-refractivity contribution in [3.63, 3.8) is 0 Å². The molecular formula is C25H26N2O3. The monoisotopic (exact) mass is 402 g/mol. The second kappa shape index (κ2) is 7.24. The summed E-state index contributed by atoms with van der Waals surface area (Å²) in [6, 6.07) is 16.7. The van der Waals surface area contributed by atoms with E-state index in [1.165, 1.54) is 11.1 Å². The number of nitrogens with one attached hydrogen (secondary N) is 1. The van der Waals surface area contributed by atoms with Crippen LogP contribution in [0.4, 0.5) is 4.79 Å². The summed E-state index contributed by atoms with van der Waals surface area (Å²) in [7, 11) is 1.69. The van der Waals surface area contributed by atoms with E-state index >= 15 is 0 Å². The van der Waals surface area contributed by atoms with E-state index in [0.29, 0.717) is 13.1 Å². The fraction of sp³-hybridized carbons (Fsp3) is 0.320. The standard InChI is InChI=1S/C25H26N2O3/c1-30-23-7-3-2-6-19(23)22-15-18-14-17(8-9-21(18)26-22)20-10-13-27(24(28)29)16-25(20)11-4-5-12-25/h2-3,6-10,14-15,26H,4-5,11-13,16H2,1H3,(H,28,29). The van der Waals surface area contributed by atoms with Gasteiger partial charge in [-0.25, -0.2) is 4.79 Å². The van der Waals surface area contributed by atoms with Crippen molar-refractivity contribution < 1.29 is 14.6 Å². The molecule has 1 aromatic heterocycles. The van der Waals surface area contributed by atoms with Crippen LogP contribution in [0.2, 0.25) is 0 Å². The first kappa shape index (κ1) is 18.8. The maximum atomic E-state index is 11.6. The molecular weight excluding hydrogens is 376 g/mol. The zero-order chi connectivity index (χ0) is 20.7. The highest BCUT2D eigenvalue weighted by molar-refractivity contribution is 5.90. The highest BCUT2D eigenvalue weighted by atomic mass is 16.5. The molecule has 5 nitrogen and oxygen atoms in total. The quantitative estimate of drug-likeness (QED) is 0.583. The summed E-state index contributed by atoms with van der Waals surface area (Å²) in [5.41, 5.74) is 5.64. The molecule has 3 aromatic rings. The summed E-state index contributed by atoms with van der Waals surface area (Å²) < 4.78 is 5.53. The fourth-order valence-corrected chi connectivity index (χ4v) is 5.29. The van der Waals surface area contributed by atoms with Gasteiger partial charge in [0.05, 0.1) is 12.8 Å². The Labute approximate surface area is 176 Å². The maximum absolute atomic E-state index is 11.6. The first-order valence-electron chi connectivity index (χ1n) is 10.5. The summed E-state index contributed by atoms with van der Waals surface area (Å²) in [4.78, 5) is 16.7. The lowest BCUT2D eigenvalue weighted by atomic mass is 9.73. The predicted molar refractivity (Wildman–Crippen MR) is 119 cm³/mol. The van der Waals surface area contributed by atoms with E-state index in [1.807, 2.05) is 18.2 Å². The minimum atomic E-state index is -0.820. The van der Waals surface area contributed by atoms with E-state index < -0.39 is 6.09 Å². The number of para-hydroxylation sites is 1. The van der Waals surface area contributed by atoms with Crippen LogP contribution in [0.15, 0.2) is 54.6 Å². The van der Waals surface area contributed by atoms with Crippen molar-refractivity contribution in [3.8, 4) is 17.0 Å². The van der Waals surface area contributed by atoms with Crippen molar-refractivity contribution in [3.05, 3.63) is 60.2 Å². The zero-order valence-corrected chi connectivity index (χ0v) is 17.1. The number of aromatic nitrogens is 1. The lowest BCUT2D eigenvalue weighted by molar-refractivity contribution is 0.130. The van der Waals surface area contributed by atoms with Crippen LogP contribution < -0.4 is 4.74 Å². The van der Waals surface area contributed by atoms with Gasteiger partial charge in [0.2, 0.25) is 0 Å². The van der Waals surface area contributed by atoms with Crippen molar-refractivity contribution in [1.29, 1.82) is 0 Å². The van der Waals surface area contributed by atoms with Gasteiger partial charge in [0.1, 0.15) is 5.75 Å². The maximum Gasteiger partial charge on any atom is 0.407 e. The summed E-state index contributed by atoms with van der Waals surface area (Å²) >= 11 is 0. The van der Waals surface area contributed by atoms with Gasteiger partial charge in [0.15, 0.2) is 0 Å². The number of carbonyl (C=O) groups is 1. The Bertz CT molecular complexity index is 1140. The molecule has 5 heteroatoms. The van der Waals surface area contributed by atoms with E-state index in [0.717, 1.165) is 53.6 Å². The van der Waals surface area contributed by atoms with Gasteiger partial charge in [0, 0.05) is 35.0 Å². The third-order valence-electron chi connectivity index (χ3n) is 6.74. The molecule has 2 aliphatic rings. The molecule has 1 amide bonds. The molecule has 1 aliphatic carbocycles. The lowest BCUT2D eigenvalue weighted by Crippen LogP contribution is -2.43. The zero-order valence-electron chi connectivity index (χ0n) is 17.1. The molecule has 5 rings (SSSR count). The van der Waals surface area contributed by atoms with Crippen LogP contribution in [0.5, 0.6) is 5.75 Å². The number of benzene rings is 2. The predicted octanol–water partition coefficient (Wildman–Crippen LogP) is 5.78. The molecule has 2 heterocycles. The lowest BCUT2D eigenvalue weighted by Gasteiger charge is -2.40. The third kappa shape index (κ3) is 3.05. The van der Waals surface area contributed by atoms with E-state index in [4.69, 9.17) is 4.74 Å². The minimum Gasteiger partial charge on any atom is -0.496 e.